The van der Waals surface area contributed by atoms with Crippen LogP contribution in [0, 0.1) is 10.1 Å². The van der Waals surface area contributed by atoms with Gasteiger partial charge in [-0.05, 0) is 42.1 Å². The molecule has 2 amide bonds. The first-order valence-electron chi connectivity index (χ1n) is 7.44. The molecule has 0 bridgehead atoms. The molecule has 2 aromatic carbocycles. The summed E-state index contributed by atoms with van der Waals surface area (Å²) < 4.78 is 0.145. The maximum Gasteiger partial charge on any atom is 0.285 e. The molecule has 1 heterocycles. The van der Waals surface area contributed by atoms with Crippen LogP contribution in [0.3, 0.4) is 0 Å². The molecule has 0 saturated carbocycles. The van der Waals surface area contributed by atoms with E-state index in [2.05, 4.69) is 5.43 Å². The first-order chi connectivity index (χ1) is 12.8. The summed E-state index contributed by atoms with van der Waals surface area (Å²) in [5.41, 5.74) is 3.11. The summed E-state index contributed by atoms with van der Waals surface area (Å²) in [4.78, 5) is 35.4. The molecule has 10 heteroatoms. The summed E-state index contributed by atoms with van der Waals surface area (Å²) in [5.74, 6) is -1.06. The smallest absolute Gasteiger partial charge is 0.267 e. The van der Waals surface area contributed by atoms with Gasteiger partial charge in [-0.25, -0.2) is 0 Å². The summed E-state index contributed by atoms with van der Waals surface area (Å²) in [6.07, 6.45) is 1.48. The SMILES string of the molecule is O=C(NN1C(=O)/C(=C/c2cccc([N+](=O)[O-])c2)SC1=S)c1cccc(Cl)c1. The molecule has 0 aliphatic carbocycles. The lowest BCUT2D eigenvalue weighted by atomic mass is 10.2. The molecule has 1 saturated heterocycles. The normalized spacial score (nSPS) is 15.3. The Morgan fingerprint density at radius 1 is 1.26 bits per heavy atom. The van der Waals surface area contributed by atoms with Crippen LogP contribution in [0.15, 0.2) is 53.4 Å². The second-order valence-corrected chi connectivity index (χ2v) is 7.43. The second-order valence-electron chi connectivity index (χ2n) is 5.32. The number of non-ortho nitro benzene ring substituents is 1. The number of nitro groups is 1. The van der Waals surface area contributed by atoms with E-state index in [9.17, 15) is 19.7 Å². The Bertz CT molecular complexity index is 1010. The van der Waals surface area contributed by atoms with Gasteiger partial charge in [-0.1, -0.05) is 41.6 Å². The third-order valence-corrected chi connectivity index (χ3v) is 5.01. The Morgan fingerprint density at radius 3 is 2.70 bits per heavy atom. The van der Waals surface area contributed by atoms with Crippen molar-refractivity contribution in [1.82, 2.24) is 10.4 Å². The zero-order valence-corrected chi connectivity index (χ0v) is 15.8. The van der Waals surface area contributed by atoms with Gasteiger partial charge in [0.2, 0.25) is 0 Å². The van der Waals surface area contributed by atoms with Crippen molar-refractivity contribution in [3.8, 4) is 0 Å². The Kier molecular flexibility index (Phi) is 5.54. The molecule has 7 nitrogen and oxygen atoms in total. The van der Waals surface area contributed by atoms with Gasteiger partial charge < -0.3 is 0 Å². The van der Waals surface area contributed by atoms with Crippen molar-refractivity contribution in [2.75, 3.05) is 0 Å². The van der Waals surface area contributed by atoms with Gasteiger partial charge in [-0.3, -0.25) is 25.1 Å². The van der Waals surface area contributed by atoms with Crippen molar-refractivity contribution in [3.63, 3.8) is 0 Å². The predicted molar refractivity (Wildman–Crippen MR) is 107 cm³/mol. The van der Waals surface area contributed by atoms with Crippen LogP contribution in [-0.4, -0.2) is 26.1 Å². The molecule has 1 aliphatic rings. The van der Waals surface area contributed by atoms with Crippen LogP contribution in [0.1, 0.15) is 15.9 Å². The number of hydrogen-bond donors (Lipinski definition) is 1. The number of benzene rings is 2. The zero-order chi connectivity index (χ0) is 19.6. The Hall–Kier alpha value is -2.75. The van der Waals surface area contributed by atoms with Crippen LogP contribution in [-0.2, 0) is 4.79 Å². The van der Waals surface area contributed by atoms with Crippen LogP contribution in [0.25, 0.3) is 6.08 Å². The van der Waals surface area contributed by atoms with Gasteiger partial charge in [0.25, 0.3) is 17.5 Å². The van der Waals surface area contributed by atoms with E-state index in [-0.39, 0.29) is 20.5 Å². The number of rotatable bonds is 4. The topological polar surface area (TPSA) is 92.6 Å². The fourth-order valence-corrected chi connectivity index (χ4v) is 3.61. The lowest BCUT2D eigenvalue weighted by Crippen LogP contribution is -2.44. The molecular weight excluding hydrogens is 410 g/mol. The molecule has 0 atom stereocenters. The van der Waals surface area contributed by atoms with Gasteiger partial charge in [0.1, 0.15) is 0 Å². The van der Waals surface area contributed by atoms with Crippen molar-refractivity contribution in [3.05, 3.63) is 79.7 Å². The molecule has 3 rings (SSSR count). The van der Waals surface area contributed by atoms with E-state index in [0.717, 1.165) is 16.8 Å². The summed E-state index contributed by atoms with van der Waals surface area (Å²) in [6, 6.07) is 12.1. The summed E-state index contributed by atoms with van der Waals surface area (Å²) in [6.45, 7) is 0. The molecule has 0 spiro atoms. The largest absolute Gasteiger partial charge is 0.285 e. The monoisotopic (exact) mass is 419 g/mol. The number of carbonyl (C=O) groups excluding carboxylic acids is 2. The van der Waals surface area contributed by atoms with Gasteiger partial charge in [0.05, 0.1) is 9.83 Å². The minimum absolute atomic E-state index is 0.0894. The van der Waals surface area contributed by atoms with Crippen molar-refractivity contribution in [2.45, 2.75) is 0 Å². The van der Waals surface area contributed by atoms with Crippen molar-refractivity contribution in [1.29, 1.82) is 0 Å². The van der Waals surface area contributed by atoms with Crippen LogP contribution < -0.4 is 5.43 Å². The fourth-order valence-electron chi connectivity index (χ4n) is 2.24. The van der Waals surface area contributed by atoms with Crippen LogP contribution in [0.5, 0.6) is 0 Å². The van der Waals surface area contributed by atoms with E-state index >= 15 is 0 Å². The first-order valence-corrected chi connectivity index (χ1v) is 9.04. The minimum atomic E-state index is -0.537. The van der Waals surface area contributed by atoms with Gasteiger partial charge in [0.15, 0.2) is 4.32 Å². The molecule has 136 valence electrons. The highest BCUT2D eigenvalue weighted by Gasteiger charge is 2.33. The maximum atomic E-state index is 12.5. The molecule has 0 radical (unpaired) electrons. The van der Waals surface area contributed by atoms with Crippen molar-refractivity contribution >= 4 is 63.5 Å². The Labute approximate surface area is 168 Å². The molecule has 1 aliphatic heterocycles. The van der Waals surface area contributed by atoms with Gasteiger partial charge in [-0.15, -0.1) is 0 Å². The molecule has 0 unspecified atom stereocenters. The highest BCUT2D eigenvalue weighted by Crippen LogP contribution is 2.32. The summed E-state index contributed by atoms with van der Waals surface area (Å²) >= 11 is 12.0. The number of halogens is 1. The Balaban J connectivity index is 1.80. The number of hydrazine groups is 1. The average Bonchev–Trinajstić information content (AvgIpc) is 2.89. The maximum absolute atomic E-state index is 12.5. The third-order valence-electron chi connectivity index (χ3n) is 3.47. The number of hydrogen-bond acceptors (Lipinski definition) is 6. The predicted octanol–water partition coefficient (Wildman–Crippen LogP) is 3.79. The number of thioether (sulfide) groups is 1. The standard InChI is InChI=1S/C17H10ClN3O4S2/c18-12-5-2-4-11(9-12)15(22)19-20-16(23)14(27-17(20)26)8-10-3-1-6-13(7-10)21(24)25/h1-9H,(H,19,22)/b14-8-. The summed E-state index contributed by atoms with van der Waals surface area (Å²) in [7, 11) is 0. The number of amides is 2. The average molecular weight is 420 g/mol. The number of thiocarbonyl (C=S) groups is 1. The highest BCUT2D eigenvalue weighted by molar-refractivity contribution is 8.26. The Morgan fingerprint density at radius 2 is 2.00 bits per heavy atom. The van der Waals surface area contributed by atoms with E-state index in [1.54, 1.807) is 24.3 Å². The van der Waals surface area contributed by atoms with Gasteiger partial charge in [-0.2, -0.15) is 5.01 Å². The van der Waals surface area contributed by atoms with E-state index in [1.165, 1.54) is 30.3 Å². The van der Waals surface area contributed by atoms with Crippen molar-refractivity contribution < 1.29 is 14.5 Å². The van der Waals surface area contributed by atoms with E-state index in [0.29, 0.717) is 10.6 Å². The van der Waals surface area contributed by atoms with E-state index < -0.39 is 16.7 Å². The molecular formula is C17H10ClN3O4S2. The van der Waals surface area contributed by atoms with E-state index in [4.69, 9.17) is 23.8 Å². The molecule has 1 fully saturated rings. The van der Waals surface area contributed by atoms with Crippen LogP contribution in [0.2, 0.25) is 5.02 Å². The third kappa shape index (κ3) is 4.33. The zero-order valence-electron chi connectivity index (χ0n) is 13.4. The van der Waals surface area contributed by atoms with Crippen LogP contribution >= 0.6 is 35.6 Å². The number of nitrogens with zero attached hydrogens (tertiary/aromatic N) is 2. The number of nitrogens with one attached hydrogen (secondary N) is 1. The minimum Gasteiger partial charge on any atom is -0.267 e. The molecule has 1 N–H and O–H groups in total. The van der Waals surface area contributed by atoms with Gasteiger partial charge in [0, 0.05) is 22.7 Å². The summed E-state index contributed by atoms with van der Waals surface area (Å²) in [5, 5.41) is 12.2. The molecule has 0 aromatic heterocycles. The fraction of sp³-hybridized carbons (Fsp3) is 0. The lowest BCUT2D eigenvalue weighted by Gasteiger charge is -2.15. The van der Waals surface area contributed by atoms with E-state index in [1.807, 2.05) is 0 Å². The van der Waals surface area contributed by atoms with Crippen LogP contribution in [0.4, 0.5) is 5.69 Å². The number of carbonyl (C=O) groups is 2. The van der Waals surface area contributed by atoms with Crippen molar-refractivity contribution in [2.24, 2.45) is 0 Å². The number of nitro benzene ring substituents is 1. The first kappa shape index (κ1) is 19.0. The lowest BCUT2D eigenvalue weighted by molar-refractivity contribution is -0.384. The molecule has 27 heavy (non-hydrogen) atoms. The quantitative estimate of drug-likeness (QED) is 0.351. The highest BCUT2D eigenvalue weighted by atomic mass is 35.5. The van der Waals surface area contributed by atoms with Gasteiger partial charge >= 0.3 is 0 Å². The second kappa shape index (κ2) is 7.87. The molecule has 2 aromatic rings.